The van der Waals surface area contributed by atoms with Gasteiger partial charge in [-0.1, -0.05) is 12.1 Å². The summed E-state index contributed by atoms with van der Waals surface area (Å²) in [4.78, 5) is 14.2. The van der Waals surface area contributed by atoms with Crippen LogP contribution in [0.25, 0.3) is 16.9 Å². The van der Waals surface area contributed by atoms with Gasteiger partial charge in [-0.15, -0.1) is 0 Å². The summed E-state index contributed by atoms with van der Waals surface area (Å²) in [5, 5.41) is 10.8. The van der Waals surface area contributed by atoms with Gasteiger partial charge in [0.15, 0.2) is 0 Å². The molecule has 3 aromatic rings. The lowest BCUT2D eigenvalue weighted by molar-refractivity contribution is -0.384. The van der Waals surface area contributed by atoms with E-state index in [2.05, 4.69) is 4.98 Å². The van der Waals surface area contributed by atoms with Crippen LogP contribution in [0.2, 0.25) is 0 Å². The number of alkyl halides is 3. The Morgan fingerprint density at radius 2 is 1.95 bits per heavy atom. The van der Waals surface area contributed by atoms with Gasteiger partial charge < -0.3 is 4.40 Å². The van der Waals surface area contributed by atoms with Gasteiger partial charge in [-0.2, -0.15) is 13.2 Å². The van der Waals surface area contributed by atoms with Crippen molar-refractivity contribution in [3.63, 3.8) is 0 Å². The monoisotopic (exact) mass is 307 g/mol. The van der Waals surface area contributed by atoms with Crippen molar-refractivity contribution >= 4 is 11.3 Å². The zero-order chi connectivity index (χ0) is 15.9. The van der Waals surface area contributed by atoms with Gasteiger partial charge in [0.25, 0.3) is 5.69 Å². The minimum Gasteiger partial charge on any atom is -0.306 e. The molecule has 0 amide bonds. The fraction of sp³-hybridized carbons (Fsp3) is 0.0714. The van der Waals surface area contributed by atoms with E-state index in [0.29, 0.717) is 5.56 Å². The van der Waals surface area contributed by atoms with E-state index < -0.39 is 16.7 Å². The molecular weight excluding hydrogens is 299 g/mol. The number of aromatic nitrogens is 2. The van der Waals surface area contributed by atoms with Crippen LogP contribution < -0.4 is 0 Å². The van der Waals surface area contributed by atoms with Crippen LogP contribution in [0.15, 0.2) is 48.8 Å². The molecule has 0 bridgehead atoms. The van der Waals surface area contributed by atoms with Crippen LogP contribution in [-0.4, -0.2) is 14.3 Å². The van der Waals surface area contributed by atoms with Crippen LogP contribution in [-0.2, 0) is 6.18 Å². The normalized spacial score (nSPS) is 11.8. The number of imidazole rings is 1. The summed E-state index contributed by atoms with van der Waals surface area (Å²) in [6, 6.07) is 7.81. The number of rotatable bonds is 2. The number of nitro benzene ring substituents is 1. The Balaban J connectivity index is 2.17. The Morgan fingerprint density at radius 3 is 2.64 bits per heavy atom. The highest BCUT2D eigenvalue weighted by Gasteiger charge is 2.33. The van der Waals surface area contributed by atoms with Crippen LogP contribution in [0.5, 0.6) is 0 Å². The number of pyridine rings is 1. The van der Waals surface area contributed by atoms with Crippen LogP contribution in [0.1, 0.15) is 5.56 Å². The molecule has 3 rings (SSSR count). The number of hydrogen-bond acceptors (Lipinski definition) is 3. The maximum atomic E-state index is 13.0. The van der Waals surface area contributed by atoms with E-state index in [9.17, 15) is 23.3 Å². The molecule has 0 radical (unpaired) electrons. The number of hydrogen-bond donors (Lipinski definition) is 0. The first-order valence-corrected chi connectivity index (χ1v) is 6.16. The molecule has 0 N–H and O–H groups in total. The predicted molar refractivity (Wildman–Crippen MR) is 72.3 cm³/mol. The second-order valence-electron chi connectivity index (χ2n) is 4.58. The quantitative estimate of drug-likeness (QED) is 0.532. The van der Waals surface area contributed by atoms with Crippen LogP contribution >= 0.6 is 0 Å². The molecule has 22 heavy (non-hydrogen) atoms. The van der Waals surface area contributed by atoms with Crippen molar-refractivity contribution in [3.8, 4) is 11.3 Å². The molecule has 112 valence electrons. The van der Waals surface area contributed by atoms with Gasteiger partial charge >= 0.3 is 6.18 Å². The Bertz CT molecular complexity index is 871. The van der Waals surface area contributed by atoms with Gasteiger partial charge in [0, 0.05) is 30.1 Å². The molecule has 8 heteroatoms. The molecule has 0 unspecified atom stereocenters. The number of fused-ring (bicyclic) bond motifs is 1. The second kappa shape index (κ2) is 4.83. The third kappa shape index (κ3) is 2.39. The summed E-state index contributed by atoms with van der Waals surface area (Å²) in [5.41, 5.74) is -0.625. The van der Waals surface area contributed by atoms with Gasteiger partial charge in [-0.05, 0) is 12.1 Å². The van der Waals surface area contributed by atoms with E-state index in [1.165, 1.54) is 41.1 Å². The first-order valence-electron chi connectivity index (χ1n) is 6.16. The van der Waals surface area contributed by atoms with Gasteiger partial charge in [-0.25, -0.2) is 4.98 Å². The molecule has 1 aromatic carbocycles. The molecule has 0 aliphatic rings. The molecule has 0 aliphatic carbocycles. The third-order valence-electron chi connectivity index (χ3n) is 3.14. The minimum absolute atomic E-state index is 0.148. The van der Waals surface area contributed by atoms with Crippen LogP contribution in [0.3, 0.4) is 0 Å². The number of non-ortho nitro benzene ring substituents is 1. The first kappa shape index (κ1) is 14.1. The number of nitrogens with zero attached hydrogens (tertiary/aromatic N) is 3. The third-order valence-corrected chi connectivity index (χ3v) is 3.14. The van der Waals surface area contributed by atoms with Gasteiger partial charge in [0.2, 0.25) is 0 Å². The Labute approximate surface area is 121 Å². The molecule has 0 aliphatic heterocycles. The molecule has 0 spiro atoms. The second-order valence-corrected chi connectivity index (χ2v) is 4.58. The van der Waals surface area contributed by atoms with Gasteiger partial charge in [0.05, 0.1) is 16.2 Å². The highest BCUT2D eigenvalue weighted by atomic mass is 19.4. The largest absolute Gasteiger partial charge is 0.419 e. The topological polar surface area (TPSA) is 60.4 Å². The van der Waals surface area contributed by atoms with Gasteiger partial charge in [0.1, 0.15) is 5.65 Å². The fourth-order valence-corrected chi connectivity index (χ4v) is 2.15. The van der Waals surface area contributed by atoms with E-state index in [-0.39, 0.29) is 17.0 Å². The predicted octanol–water partition coefficient (Wildman–Crippen LogP) is 3.93. The van der Waals surface area contributed by atoms with E-state index in [1.54, 1.807) is 6.07 Å². The minimum atomic E-state index is -4.52. The standard InChI is InChI=1S/C14H8F3N3O2/c15-14(16,17)11-5-2-6-19-8-12(18-13(11)19)9-3-1-4-10(7-9)20(21)22/h1-8H. The fourth-order valence-electron chi connectivity index (χ4n) is 2.15. The Hall–Kier alpha value is -2.90. The maximum absolute atomic E-state index is 13.0. The van der Waals surface area contributed by atoms with E-state index in [4.69, 9.17) is 0 Å². The van der Waals surface area contributed by atoms with Crippen molar-refractivity contribution in [1.29, 1.82) is 0 Å². The average Bonchev–Trinajstić information content (AvgIpc) is 2.90. The van der Waals surface area contributed by atoms with E-state index in [0.717, 1.165) is 6.07 Å². The molecule has 0 fully saturated rings. The van der Waals surface area contributed by atoms with Crippen molar-refractivity contribution in [1.82, 2.24) is 9.38 Å². The summed E-state index contributed by atoms with van der Waals surface area (Å²) >= 11 is 0. The smallest absolute Gasteiger partial charge is 0.306 e. The zero-order valence-corrected chi connectivity index (χ0v) is 10.9. The van der Waals surface area contributed by atoms with Crippen molar-refractivity contribution in [2.45, 2.75) is 6.18 Å². The lowest BCUT2D eigenvalue weighted by atomic mass is 10.1. The lowest BCUT2D eigenvalue weighted by Gasteiger charge is -2.06. The number of nitro groups is 1. The summed E-state index contributed by atoms with van der Waals surface area (Å²) in [6.07, 6.45) is -1.67. The van der Waals surface area contributed by atoms with Gasteiger partial charge in [-0.3, -0.25) is 10.1 Å². The highest BCUT2D eigenvalue weighted by Crippen LogP contribution is 2.33. The molecular formula is C14H8F3N3O2. The summed E-state index contributed by atoms with van der Waals surface area (Å²) in [6.45, 7) is 0. The molecule has 0 saturated carbocycles. The van der Waals surface area contributed by atoms with Crippen LogP contribution in [0.4, 0.5) is 18.9 Å². The SMILES string of the molecule is O=[N+]([O-])c1cccc(-c2cn3cccc(C(F)(F)F)c3n2)c1. The highest BCUT2D eigenvalue weighted by molar-refractivity contribution is 5.66. The first-order chi connectivity index (χ1) is 10.4. The summed E-state index contributed by atoms with van der Waals surface area (Å²) in [5.74, 6) is 0. The molecule has 2 heterocycles. The average molecular weight is 307 g/mol. The van der Waals surface area contributed by atoms with Crippen molar-refractivity contribution < 1.29 is 18.1 Å². The summed E-state index contributed by atoms with van der Waals surface area (Å²) in [7, 11) is 0. The van der Waals surface area contributed by atoms with Crippen molar-refractivity contribution in [3.05, 3.63) is 64.5 Å². The molecule has 2 aromatic heterocycles. The molecule has 5 nitrogen and oxygen atoms in total. The summed E-state index contributed by atoms with van der Waals surface area (Å²) < 4.78 is 40.1. The van der Waals surface area contributed by atoms with E-state index >= 15 is 0 Å². The van der Waals surface area contributed by atoms with Crippen molar-refractivity contribution in [2.75, 3.05) is 0 Å². The Morgan fingerprint density at radius 1 is 1.18 bits per heavy atom. The number of benzene rings is 1. The van der Waals surface area contributed by atoms with Crippen molar-refractivity contribution in [2.24, 2.45) is 0 Å². The number of halogens is 3. The molecule has 0 saturated heterocycles. The van der Waals surface area contributed by atoms with Crippen LogP contribution in [0, 0.1) is 10.1 Å². The Kier molecular flexibility index (Phi) is 3.09. The van der Waals surface area contributed by atoms with E-state index in [1.807, 2.05) is 0 Å². The molecule has 0 atom stereocenters. The lowest BCUT2D eigenvalue weighted by Crippen LogP contribution is -2.07. The zero-order valence-electron chi connectivity index (χ0n) is 10.9. The maximum Gasteiger partial charge on any atom is 0.419 e.